The van der Waals surface area contributed by atoms with Crippen LogP contribution in [0.5, 0.6) is 0 Å². The monoisotopic (exact) mass is 328 g/mol. The van der Waals surface area contributed by atoms with E-state index in [2.05, 4.69) is 58.2 Å². The van der Waals surface area contributed by atoms with E-state index in [0.717, 1.165) is 43.7 Å². The highest BCUT2D eigenvalue weighted by Crippen LogP contribution is 2.25. The average molecular weight is 329 g/mol. The van der Waals surface area contributed by atoms with Crippen molar-refractivity contribution in [3.8, 4) is 0 Å². The number of hydrogen-bond donors (Lipinski definition) is 1. The third-order valence-electron chi connectivity index (χ3n) is 3.06. The van der Waals surface area contributed by atoms with Gasteiger partial charge in [0.25, 0.3) is 0 Å². The first kappa shape index (κ1) is 16.5. The van der Waals surface area contributed by atoms with Crippen molar-refractivity contribution in [1.29, 1.82) is 0 Å². The van der Waals surface area contributed by atoms with Gasteiger partial charge in [-0.3, -0.25) is 0 Å². The molecule has 0 aliphatic rings. The second kappa shape index (κ2) is 9.34. The third kappa shape index (κ3) is 5.51. The Morgan fingerprint density at radius 1 is 1.32 bits per heavy atom. The molecule has 1 rings (SSSR count). The smallest absolute Gasteiger partial charge is 0.0587 e. The van der Waals surface area contributed by atoms with Crippen molar-refractivity contribution in [1.82, 2.24) is 5.32 Å². The van der Waals surface area contributed by atoms with Gasteiger partial charge in [-0.25, -0.2) is 0 Å². The molecule has 19 heavy (non-hydrogen) atoms. The summed E-state index contributed by atoms with van der Waals surface area (Å²) in [7, 11) is 1.73. The standard InChI is InChI=1S/C15H25BrN2O/c1-4-9-18(5-2)15-11-14(16)7-6-13(15)12-17-8-10-19-3/h6-7,11,17H,4-5,8-10,12H2,1-3H3. The molecule has 0 amide bonds. The van der Waals surface area contributed by atoms with Gasteiger partial charge in [0.15, 0.2) is 0 Å². The van der Waals surface area contributed by atoms with Gasteiger partial charge < -0.3 is 15.0 Å². The van der Waals surface area contributed by atoms with E-state index in [0.29, 0.717) is 0 Å². The molecule has 0 aromatic heterocycles. The molecule has 0 saturated carbocycles. The van der Waals surface area contributed by atoms with E-state index < -0.39 is 0 Å². The molecule has 0 heterocycles. The van der Waals surface area contributed by atoms with E-state index in [1.54, 1.807) is 7.11 Å². The number of nitrogens with one attached hydrogen (secondary N) is 1. The lowest BCUT2D eigenvalue weighted by Gasteiger charge is -2.25. The highest BCUT2D eigenvalue weighted by atomic mass is 79.9. The first-order chi connectivity index (χ1) is 9.22. The minimum absolute atomic E-state index is 0.748. The van der Waals surface area contributed by atoms with E-state index in [4.69, 9.17) is 4.74 Å². The number of ether oxygens (including phenoxy) is 1. The Bertz CT molecular complexity index is 371. The molecule has 0 unspecified atom stereocenters. The van der Waals surface area contributed by atoms with Crippen LogP contribution in [0.4, 0.5) is 5.69 Å². The Labute approximate surface area is 125 Å². The number of hydrogen-bond acceptors (Lipinski definition) is 3. The van der Waals surface area contributed by atoms with Gasteiger partial charge in [-0.15, -0.1) is 0 Å². The first-order valence-electron chi connectivity index (χ1n) is 6.95. The summed E-state index contributed by atoms with van der Waals surface area (Å²) in [5, 5.41) is 3.42. The van der Waals surface area contributed by atoms with Crippen LogP contribution in [0.3, 0.4) is 0 Å². The maximum atomic E-state index is 5.06. The van der Waals surface area contributed by atoms with Gasteiger partial charge in [-0.05, 0) is 31.0 Å². The van der Waals surface area contributed by atoms with Crippen LogP contribution in [0.2, 0.25) is 0 Å². The second-order valence-electron chi connectivity index (χ2n) is 4.52. The van der Waals surface area contributed by atoms with E-state index >= 15 is 0 Å². The quantitative estimate of drug-likeness (QED) is 0.703. The van der Waals surface area contributed by atoms with Gasteiger partial charge in [-0.2, -0.15) is 0 Å². The fourth-order valence-electron chi connectivity index (χ4n) is 2.10. The minimum atomic E-state index is 0.748. The molecule has 3 nitrogen and oxygen atoms in total. The molecule has 1 N–H and O–H groups in total. The van der Waals surface area contributed by atoms with Crippen molar-refractivity contribution in [3.05, 3.63) is 28.2 Å². The highest BCUT2D eigenvalue weighted by molar-refractivity contribution is 9.10. The lowest BCUT2D eigenvalue weighted by molar-refractivity contribution is 0.199. The molecule has 0 saturated heterocycles. The van der Waals surface area contributed by atoms with Crippen molar-refractivity contribution in [2.45, 2.75) is 26.8 Å². The van der Waals surface area contributed by atoms with Crippen LogP contribution in [-0.2, 0) is 11.3 Å². The molecule has 1 aromatic rings. The Morgan fingerprint density at radius 2 is 2.11 bits per heavy atom. The third-order valence-corrected chi connectivity index (χ3v) is 3.55. The topological polar surface area (TPSA) is 24.5 Å². The molecular weight excluding hydrogens is 304 g/mol. The molecule has 1 aromatic carbocycles. The van der Waals surface area contributed by atoms with E-state index in [1.165, 1.54) is 11.3 Å². The van der Waals surface area contributed by atoms with E-state index in [1.807, 2.05) is 0 Å². The SMILES string of the molecule is CCCN(CC)c1cc(Br)ccc1CNCCOC. The summed E-state index contributed by atoms with van der Waals surface area (Å²) in [6.07, 6.45) is 1.16. The minimum Gasteiger partial charge on any atom is -0.383 e. The number of benzene rings is 1. The zero-order chi connectivity index (χ0) is 14.1. The van der Waals surface area contributed by atoms with Gasteiger partial charge in [0.1, 0.15) is 0 Å². The van der Waals surface area contributed by atoms with Crippen molar-refractivity contribution < 1.29 is 4.74 Å². The van der Waals surface area contributed by atoms with Gasteiger partial charge in [0.2, 0.25) is 0 Å². The molecule has 0 atom stereocenters. The maximum absolute atomic E-state index is 5.06. The van der Waals surface area contributed by atoms with Gasteiger partial charge in [0.05, 0.1) is 6.61 Å². The summed E-state index contributed by atoms with van der Waals surface area (Å²) in [6, 6.07) is 6.51. The predicted molar refractivity (Wildman–Crippen MR) is 85.9 cm³/mol. The summed E-state index contributed by atoms with van der Waals surface area (Å²) in [5.41, 5.74) is 2.67. The number of rotatable bonds is 9. The largest absolute Gasteiger partial charge is 0.383 e. The lowest BCUT2D eigenvalue weighted by Crippen LogP contribution is -2.26. The Morgan fingerprint density at radius 3 is 2.74 bits per heavy atom. The van der Waals surface area contributed by atoms with Gasteiger partial charge in [-0.1, -0.05) is 28.9 Å². The Kier molecular flexibility index (Phi) is 8.10. The van der Waals surface area contributed by atoms with Crippen LogP contribution in [0.1, 0.15) is 25.8 Å². The van der Waals surface area contributed by atoms with Crippen LogP contribution in [0.25, 0.3) is 0 Å². The summed E-state index contributed by atoms with van der Waals surface area (Å²) < 4.78 is 6.19. The summed E-state index contributed by atoms with van der Waals surface area (Å²) in [6.45, 7) is 9.07. The van der Waals surface area contributed by atoms with Crippen molar-refractivity contribution >= 4 is 21.6 Å². The number of nitrogens with zero attached hydrogens (tertiary/aromatic N) is 1. The van der Waals surface area contributed by atoms with Crippen LogP contribution >= 0.6 is 15.9 Å². The van der Waals surface area contributed by atoms with Crippen LogP contribution in [-0.4, -0.2) is 33.4 Å². The Hall–Kier alpha value is -0.580. The highest BCUT2D eigenvalue weighted by Gasteiger charge is 2.09. The number of methoxy groups -OCH3 is 1. The molecule has 0 aliphatic carbocycles. The molecule has 4 heteroatoms. The molecule has 0 spiro atoms. The fraction of sp³-hybridized carbons (Fsp3) is 0.600. The molecule has 0 bridgehead atoms. The molecular formula is C15H25BrN2O. The second-order valence-corrected chi connectivity index (χ2v) is 5.44. The lowest BCUT2D eigenvalue weighted by atomic mass is 10.1. The van der Waals surface area contributed by atoms with Crippen molar-refractivity contribution in [3.63, 3.8) is 0 Å². The van der Waals surface area contributed by atoms with Crippen LogP contribution in [0.15, 0.2) is 22.7 Å². The normalized spacial score (nSPS) is 10.7. The zero-order valence-corrected chi connectivity index (χ0v) is 13.8. The van der Waals surface area contributed by atoms with Gasteiger partial charge in [0, 0.05) is 43.4 Å². The summed E-state index contributed by atoms with van der Waals surface area (Å²) >= 11 is 3.57. The molecule has 0 fully saturated rings. The molecule has 0 aliphatic heterocycles. The summed E-state index contributed by atoms with van der Waals surface area (Å²) in [4.78, 5) is 2.43. The average Bonchev–Trinajstić information content (AvgIpc) is 2.42. The number of anilines is 1. The summed E-state index contributed by atoms with van der Waals surface area (Å²) in [5.74, 6) is 0. The Balaban J connectivity index is 2.78. The van der Waals surface area contributed by atoms with E-state index in [9.17, 15) is 0 Å². The maximum Gasteiger partial charge on any atom is 0.0587 e. The molecule has 108 valence electrons. The van der Waals surface area contributed by atoms with Gasteiger partial charge >= 0.3 is 0 Å². The van der Waals surface area contributed by atoms with Crippen molar-refractivity contribution in [2.75, 3.05) is 38.3 Å². The zero-order valence-electron chi connectivity index (χ0n) is 12.2. The van der Waals surface area contributed by atoms with Crippen LogP contribution in [0, 0.1) is 0 Å². The van der Waals surface area contributed by atoms with Crippen LogP contribution < -0.4 is 10.2 Å². The van der Waals surface area contributed by atoms with Crippen molar-refractivity contribution in [2.24, 2.45) is 0 Å². The first-order valence-corrected chi connectivity index (χ1v) is 7.75. The molecule has 0 radical (unpaired) electrons. The van der Waals surface area contributed by atoms with E-state index in [-0.39, 0.29) is 0 Å². The fourth-order valence-corrected chi connectivity index (χ4v) is 2.45. The number of halogens is 1. The predicted octanol–water partition coefficient (Wildman–Crippen LogP) is 3.42.